The molecule has 2 saturated carbocycles. The van der Waals surface area contributed by atoms with Crippen LogP contribution in [0.25, 0.3) is 10.9 Å². The number of hydrogen-bond acceptors (Lipinski definition) is 5. The number of nitrogens with one attached hydrogen (secondary N) is 1. The SMILES string of the molecule is CCNc1cc2c(cn1)c(C1CCCCC1)nn2C1CCC(Oc2nccc(C(F)(F)F)c2F)CC1. The van der Waals surface area contributed by atoms with Gasteiger partial charge >= 0.3 is 6.18 Å². The van der Waals surface area contributed by atoms with Crippen LogP contribution in [0.5, 0.6) is 5.88 Å². The topological polar surface area (TPSA) is 64.9 Å². The Morgan fingerprint density at radius 3 is 2.50 bits per heavy atom. The van der Waals surface area contributed by atoms with Crippen molar-refractivity contribution in [3.8, 4) is 5.88 Å². The lowest BCUT2D eigenvalue weighted by Crippen LogP contribution is -2.27. The summed E-state index contributed by atoms with van der Waals surface area (Å²) >= 11 is 0. The molecule has 3 heterocycles. The van der Waals surface area contributed by atoms with Crippen molar-refractivity contribution in [1.82, 2.24) is 19.7 Å². The monoisotopic (exact) mass is 505 g/mol. The van der Waals surface area contributed by atoms with Gasteiger partial charge in [0.25, 0.3) is 5.88 Å². The van der Waals surface area contributed by atoms with E-state index in [-0.39, 0.29) is 6.04 Å². The van der Waals surface area contributed by atoms with Gasteiger partial charge in [0.05, 0.1) is 22.8 Å². The summed E-state index contributed by atoms with van der Waals surface area (Å²) in [6.45, 7) is 2.80. The van der Waals surface area contributed by atoms with E-state index >= 15 is 0 Å². The van der Waals surface area contributed by atoms with Crippen molar-refractivity contribution in [2.24, 2.45) is 0 Å². The second-order valence-electron chi connectivity index (χ2n) is 9.81. The minimum atomic E-state index is -4.79. The van der Waals surface area contributed by atoms with Crippen LogP contribution >= 0.6 is 0 Å². The van der Waals surface area contributed by atoms with E-state index in [4.69, 9.17) is 9.84 Å². The Bertz CT molecular complexity index is 1200. The van der Waals surface area contributed by atoms with Gasteiger partial charge in [-0.3, -0.25) is 4.68 Å². The van der Waals surface area contributed by atoms with Crippen molar-refractivity contribution in [3.05, 3.63) is 41.6 Å². The van der Waals surface area contributed by atoms with E-state index in [2.05, 4.69) is 26.0 Å². The summed E-state index contributed by atoms with van der Waals surface area (Å²) in [5.74, 6) is -0.794. The molecule has 6 nitrogen and oxygen atoms in total. The summed E-state index contributed by atoms with van der Waals surface area (Å²) in [5, 5.41) is 9.48. The van der Waals surface area contributed by atoms with Crippen molar-refractivity contribution in [3.63, 3.8) is 0 Å². The molecule has 5 rings (SSSR count). The highest BCUT2D eigenvalue weighted by Crippen LogP contribution is 2.40. The third kappa shape index (κ3) is 4.99. The molecule has 0 radical (unpaired) electrons. The highest BCUT2D eigenvalue weighted by atomic mass is 19.4. The molecule has 0 aliphatic heterocycles. The number of aromatic nitrogens is 4. The van der Waals surface area contributed by atoms with Crippen LogP contribution in [0.15, 0.2) is 24.5 Å². The van der Waals surface area contributed by atoms with Crippen LogP contribution in [0.1, 0.15) is 87.9 Å². The number of alkyl halides is 3. The zero-order valence-electron chi connectivity index (χ0n) is 20.3. The maximum Gasteiger partial charge on any atom is 0.419 e. The molecule has 0 bridgehead atoms. The number of nitrogens with zero attached hydrogens (tertiary/aromatic N) is 4. The van der Waals surface area contributed by atoms with E-state index in [1.165, 1.54) is 19.3 Å². The Kier molecular flexibility index (Phi) is 7.03. The highest BCUT2D eigenvalue weighted by Gasteiger charge is 2.36. The van der Waals surface area contributed by atoms with Crippen LogP contribution in [-0.2, 0) is 6.18 Å². The number of rotatable bonds is 6. The summed E-state index contributed by atoms with van der Waals surface area (Å²) in [7, 11) is 0. The third-order valence-electron chi connectivity index (χ3n) is 7.40. The van der Waals surface area contributed by atoms with Crippen molar-refractivity contribution >= 4 is 16.7 Å². The van der Waals surface area contributed by atoms with Crippen LogP contribution in [0.3, 0.4) is 0 Å². The summed E-state index contributed by atoms with van der Waals surface area (Å²) in [4.78, 5) is 8.31. The summed E-state index contributed by atoms with van der Waals surface area (Å²) < 4.78 is 61.2. The van der Waals surface area contributed by atoms with Gasteiger partial charge in [-0.25, -0.2) is 14.4 Å². The van der Waals surface area contributed by atoms with Gasteiger partial charge in [-0.05, 0) is 51.5 Å². The number of pyridine rings is 2. The van der Waals surface area contributed by atoms with Crippen LogP contribution < -0.4 is 10.1 Å². The molecule has 2 fully saturated rings. The maximum absolute atomic E-state index is 14.4. The minimum absolute atomic E-state index is 0.126. The summed E-state index contributed by atoms with van der Waals surface area (Å²) in [6.07, 6.45) is 6.25. The van der Waals surface area contributed by atoms with E-state index in [9.17, 15) is 17.6 Å². The van der Waals surface area contributed by atoms with Gasteiger partial charge < -0.3 is 10.1 Å². The zero-order chi connectivity index (χ0) is 25.3. The van der Waals surface area contributed by atoms with Gasteiger partial charge in [0.2, 0.25) is 0 Å². The van der Waals surface area contributed by atoms with E-state index in [1.807, 2.05) is 13.1 Å². The molecule has 36 heavy (non-hydrogen) atoms. The molecule has 3 aromatic heterocycles. The van der Waals surface area contributed by atoms with Gasteiger partial charge in [0.1, 0.15) is 11.9 Å². The smallest absolute Gasteiger partial charge is 0.419 e. The van der Waals surface area contributed by atoms with Crippen LogP contribution in [0, 0.1) is 5.82 Å². The van der Waals surface area contributed by atoms with Gasteiger partial charge in [-0.2, -0.15) is 18.3 Å². The normalized spacial score (nSPS) is 21.6. The molecule has 3 aromatic rings. The number of anilines is 1. The fraction of sp³-hybridized carbons (Fsp3) is 0.577. The predicted octanol–water partition coefficient (Wildman–Crippen LogP) is 7.03. The van der Waals surface area contributed by atoms with E-state index < -0.39 is 29.5 Å². The molecule has 10 heteroatoms. The highest BCUT2D eigenvalue weighted by molar-refractivity contribution is 5.84. The van der Waals surface area contributed by atoms with E-state index in [0.717, 1.165) is 60.8 Å². The largest absolute Gasteiger partial charge is 0.472 e. The molecule has 194 valence electrons. The second-order valence-corrected chi connectivity index (χ2v) is 9.81. The number of halogens is 4. The van der Waals surface area contributed by atoms with Crippen LogP contribution in [0.4, 0.5) is 23.4 Å². The fourth-order valence-electron chi connectivity index (χ4n) is 5.58. The molecular weight excluding hydrogens is 474 g/mol. The molecular formula is C26H31F4N5O. The number of ether oxygens (including phenoxy) is 1. The molecule has 0 aromatic carbocycles. The lowest BCUT2D eigenvalue weighted by atomic mass is 9.86. The zero-order valence-corrected chi connectivity index (χ0v) is 20.3. The predicted molar refractivity (Wildman–Crippen MR) is 129 cm³/mol. The Hall–Kier alpha value is -2.91. The Morgan fingerprint density at radius 1 is 1.06 bits per heavy atom. The Balaban J connectivity index is 1.35. The van der Waals surface area contributed by atoms with Gasteiger partial charge in [0.15, 0.2) is 5.82 Å². The van der Waals surface area contributed by atoms with Crippen molar-refractivity contribution in [2.45, 2.75) is 89.0 Å². The van der Waals surface area contributed by atoms with E-state index in [0.29, 0.717) is 24.8 Å². The van der Waals surface area contributed by atoms with Crippen molar-refractivity contribution in [2.75, 3.05) is 11.9 Å². The first-order valence-corrected chi connectivity index (χ1v) is 12.9. The van der Waals surface area contributed by atoms with Gasteiger partial charge in [-0.1, -0.05) is 19.3 Å². The molecule has 2 aliphatic rings. The quantitative estimate of drug-likeness (QED) is 0.365. The molecule has 0 amide bonds. The molecule has 0 spiro atoms. The maximum atomic E-state index is 14.4. The first-order chi connectivity index (χ1) is 17.3. The number of hydrogen-bond donors (Lipinski definition) is 1. The summed E-state index contributed by atoms with van der Waals surface area (Å²) in [5.41, 5.74) is 0.815. The van der Waals surface area contributed by atoms with E-state index in [1.54, 1.807) is 0 Å². The third-order valence-corrected chi connectivity index (χ3v) is 7.40. The van der Waals surface area contributed by atoms with Gasteiger partial charge in [0, 0.05) is 36.3 Å². The van der Waals surface area contributed by atoms with Crippen LogP contribution in [0.2, 0.25) is 0 Å². The first kappa shape index (κ1) is 24.8. The average Bonchev–Trinajstić information content (AvgIpc) is 3.25. The Labute approximate surface area is 207 Å². The molecule has 1 N–H and O–H groups in total. The molecule has 0 atom stereocenters. The molecule has 2 aliphatic carbocycles. The standard InChI is InChI=1S/C26H31F4N5O/c1-2-31-22-14-21-19(15-33-22)24(16-6-4-3-5-7-16)34-35(21)17-8-10-18(11-9-17)36-25-23(27)20(12-13-32-25)26(28,29)30/h12-18H,2-11H2,1H3,(H,31,33). The van der Waals surface area contributed by atoms with Crippen molar-refractivity contribution in [1.29, 1.82) is 0 Å². The molecule has 0 saturated heterocycles. The van der Waals surface area contributed by atoms with Crippen molar-refractivity contribution < 1.29 is 22.3 Å². The first-order valence-electron chi connectivity index (χ1n) is 12.9. The van der Waals surface area contributed by atoms with Crippen LogP contribution in [-0.4, -0.2) is 32.4 Å². The fourth-order valence-corrected chi connectivity index (χ4v) is 5.58. The summed E-state index contributed by atoms with van der Waals surface area (Å²) in [6, 6.07) is 2.81. The minimum Gasteiger partial charge on any atom is -0.472 e. The molecule has 0 unspecified atom stereocenters. The lowest BCUT2D eigenvalue weighted by Gasteiger charge is -2.29. The average molecular weight is 506 g/mol. The lowest BCUT2D eigenvalue weighted by molar-refractivity contribution is -0.140. The Morgan fingerprint density at radius 2 is 1.81 bits per heavy atom. The second kappa shape index (κ2) is 10.2. The number of fused-ring (bicyclic) bond motifs is 1. The van der Waals surface area contributed by atoms with Gasteiger partial charge in [-0.15, -0.1) is 0 Å².